The molecule has 0 aliphatic rings. The molecule has 0 aliphatic carbocycles. The molecule has 0 fully saturated rings. The number of aryl methyl sites for hydroxylation is 6. The van der Waals surface area contributed by atoms with Crippen molar-refractivity contribution in [2.45, 2.75) is 41.5 Å². The Morgan fingerprint density at radius 3 is 0.923 bits per heavy atom. The number of para-hydroxylation sites is 3. The summed E-state index contributed by atoms with van der Waals surface area (Å²) in [6.45, 7) is 12.7. The van der Waals surface area contributed by atoms with Crippen LogP contribution in [-0.2, 0) is 20.1 Å². The Labute approximate surface area is 331 Å². The number of rotatable bonds is 3. The van der Waals surface area contributed by atoms with Gasteiger partial charge in [-0.2, -0.15) is 36.4 Å². The Balaban J connectivity index is 0.000000133. The van der Waals surface area contributed by atoms with E-state index in [0.29, 0.717) is 0 Å². The van der Waals surface area contributed by atoms with E-state index < -0.39 is 0 Å². The first-order valence-corrected chi connectivity index (χ1v) is 19.2. The molecule has 258 valence electrons. The summed E-state index contributed by atoms with van der Waals surface area (Å²) in [5.74, 6) is 0. The molecule has 0 bridgehead atoms. The predicted molar refractivity (Wildman–Crippen MR) is 220 cm³/mol. The Bertz CT molecular complexity index is 2340. The van der Waals surface area contributed by atoms with Crippen molar-refractivity contribution in [1.82, 2.24) is 15.0 Å². The van der Waals surface area contributed by atoms with Crippen molar-refractivity contribution in [3.05, 3.63) is 159 Å². The van der Waals surface area contributed by atoms with Crippen LogP contribution in [0.4, 0.5) is 0 Å². The number of nitrogens with zero attached hydrogens (tertiary/aromatic N) is 3. The van der Waals surface area contributed by atoms with Gasteiger partial charge in [0.1, 0.15) is 0 Å². The Morgan fingerprint density at radius 1 is 0.404 bits per heavy atom. The van der Waals surface area contributed by atoms with Gasteiger partial charge in [-0.1, -0.05) is 140 Å². The molecule has 9 rings (SSSR count). The molecule has 0 spiro atoms. The maximum Gasteiger partial charge on any atom is 3.00 e. The maximum absolute atomic E-state index is 4.70. The predicted octanol–water partition coefficient (Wildman–Crippen LogP) is 13.1. The standard InChI is InChI=1S/3C15H12NS.Ir/c3*1-10-9-14(15-8-7-11(2)17-15)16-13-6-4-3-5-12(10)13;/h3*3-7,9H,1-2H3;/q3*-1;+3. The van der Waals surface area contributed by atoms with Crippen LogP contribution in [0, 0.1) is 59.7 Å². The van der Waals surface area contributed by atoms with Gasteiger partial charge in [-0.3, -0.25) is 0 Å². The van der Waals surface area contributed by atoms with Crippen LogP contribution in [-0.4, -0.2) is 15.0 Å². The molecule has 0 saturated carbocycles. The summed E-state index contributed by atoms with van der Waals surface area (Å²) >= 11 is 5.22. The number of fused-ring (bicyclic) bond motifs is 3. The van der Waals surface area contributed by atoms with Crippen molar-refractivity contribution in [2.75, 3.05) is 0 Å². The molecule has 3 nitrogen and oxygen atoms in total. The van der Waals surface area contributed by atoms with E-state index in [2.05, 4.69) is 133 Å². The van der Waals surface area contributed by atoms with Gasteiger partial charge in [-0.15, -0.1) is 0 Å². The van der Waals surface area contributed by atoms with Gasteiger partial charge >= 0.3 is 20.1 Å². The summed E-state index contributed by atoms with van der Waals surface area (Å²) in [5.41, 5.74) is 10.1. The fourth-order valence-electron chi connectivity index (χ4n) is 5.94. The normalized spacial score (nSPS) is 10.7. The van der Waals surface area contributed by atoms with Crippen LogP contribution in [0.25, 0.3) is 64.4 Å². The fraction of sp³-hybridized carbons (Fsp3) is 0.133. The van der Waals surface area contributed by atoms with E-state index >= 15 is 0 Å². The summed E-state index contributed by atoms with van der Waals surface area (Å²) in [4.78, 5) is 21.3. The first-order chi connectivity index (χ1) is 24.7. The number of hydrogen-bond donors (Lipinski definition) is 0. The monoisotopic (exact) mass is 907 g/mol. The molecule has 3 aromatic carbocycles. The van der Waals surface area contributed by atoms with Crippen molar-refractivity contribution in [2.24, 2.45) is 0 Å². The third kappa shape index (κ3) is 8.47. The number of aromatic nitrogens is 3. The Morgan fingerprint density at radius 2 is 0.673 bits per heavy atom. The first-order valence-electron chi connectivity index (χ1n) is 16.8. The van der Waals surface area contributed by atoms with E-state index in [-0.39, 0.29) is 20.1 Å². The van der Waals surface area contributed by atoms with Crippen molar-refractivity contribution < 1.29 is 20.1 Å². The average molecular weight is 907 g/mol. The average Bonchev–Trinajstić information content (AvgIpc) is 3.90. The molecule has 6 aromatic heterocycles. The van der Waals surface area contributed by atoms with E-state index in [1.165, 1.54) is 47.5 Å². The van der Waals surface area contributed by atoms with Gasteiger partial charge in [0.25, 0.3) is 0 Å². The summed E-state index contributed by atoms with van der Waals surface area (Å²) in [7, 11) is 0. The van der Waals surface area contributed by atoms with Gasteiger partial charge in [0.15, 0.2) is 0 Å². The second-order valence-electron chi connectivity index (χ2n) is 12.5. The zero-order valence-corrected chi connectivity index (χ0v) is 34.6. The van der Waals surface area contributed by atoms with Gasteiger partial charge in [-0.25, -0.2) is 34.0 Å². The van der Waals surface area contributed by atoms with Crippen molar-refractivity contribution >= 4 is 66.7 Å². The van der Waals surface area contributed by atoms with Crippen LogP contribution >= 0.6 is 34.0 Å². The zero-order valence-electron chi connectivity index (χ0n) is 29.8. The fourth-order valence-corrected chi connectivity index (χ4v) is 8.24. The quantitative estimate of drug-likeness (QED) is 0.166. The largest absolute Gasteiger partial charge is 3.00 e. The molecule has 6 heterocycles. The van der Waals surface area contributed by atoms with Gasteiger partial charge in [0, 0.05) is 16.2 Å². The van der Waals surface area contributed by atoms with Crippen LogP contribution in [0.5, 0.6) is 0 Å². The number of thiophene rings is 3. The van der Waals surface area contributed by atoms with Gasteiger partial charge < -0.3 is 15.0 Å². The second-order valence-corrected chi connectivity index (χ2v) is 16.3. The molecule has 9 aromatic rings. The summed E-state index contributed by atoms with van der Waals surface area (Å²) < 4.78 is 0. The molecule has 0 aliphatic heterocycles. The molecule has 0 radical (unpaired) electrons. The molecule has 0 saturated heterocycles. The smallest absolute Gasteiger partial charge is 0.310 e. The van der Waals surface area contributed by atoms with Gasteiger partial charge in [0.05, 0.1) is 16.6 Å². The minimum absolute atomic E-state index is 0. The van der Waals surface area contributed by atoms with Crippen LogP contribution in [0.15, 0.2) is 109 Å². The molecule has 0 atom stereocenters. The van der Waals surface area contributed by atoms with E-state index in [0.717, 1.165) is 48.3 Å². The topological polar surface area (TPSA) is 38.7 Å². The Kier molecular flexibility index (Phi) is 11.9. The first kappa shape index (κ1) is 37.4. The third-order valence-corrected chi connectivity index (χ3v) is 11.4. The molecule has 52 heavy (non-hydrogen) atoms. The SMILES string of the molecule is Cc1c[c-]c(-c2cc(C)c3ccccc3n2)s1.Cc1c[c-]c(-c2cc(C)c3ccccc3n2)s1.Cc1c[c-]c(-c2cc(C)c3ccccc3n2)s1.[Ir+3]. The number of benzene rings is 3. The van der Waals surface area contributed by atoms with E-state index in [1.54, 1.807) is 34.0 Å². The molecule has 0 unspecified atom stereocenters. The minimum atomic E-state index is 0. The van der Waals surface area contributed by atoms with Crippen LogP contribution < -0.4 is 0 Å². The van der Waals surface area contributed by atoms with E-state index in [4.69, 9.17) is 15.0 Å². The molecular weight excluding hydrogens is 871 g/mol. The van der Waals surface area contributed by atoms with Crippen molar-refractivity contribution in [1.29, 1.82) is 0 Å². The summed E-state index contributed by atoms with van der Waals surface area (Å²) in [6, 6.07) is 47.1. The minimum Gasteiger partial charge on any atom is -0.310 e. The van der Waals surface area contributed by atoms with Gasteiger partial charge in [-0.05, 0) is 56.1 Å². The maximum atomic E-state index is 4.70. The summed E-state index contributed by atoms with van der Waals surface area (Å²) in [5, 5.41) is 3.68. The number of pyridine rings is 3. The van der Waals surface area contributed by atoms with Crippen LogP contribution in [0.1, 0.15) is 31.3 Å². The zero-order chi connectivity index (χ0) is 35.5. The Hall–Kier alpha value is -4.36. The van der Waals surface area contributed by atoms with Gasteiger partial charge in [0.2, 0.25) is 0 Å². The molecular formula is C45H36IrN3S3. The van der Waals surface area contributed by atoms with Crippen molar-refractivity contribution in [3.63, 3.8) is 0 Å². The van der Waals surface area contributed by atoms with Crippen molar-refractivity contribution in [3.8, 4) is 31.7 Å². The molecule has 0 amide bonds. The molecule has 0 N–H and O–H groups in total. The second kappa shape index (κ2) is 16.5. The van der Waals surface area contributed by atoms with Crippen LogP contribution in [0.2, 0.25) is 0 Å². The van der Waals surface area contributed by atoms with E-state index in [1.807, 2.05) is 36.4 Å². The summed E-state index contributed by atoms with van der Waals surface area (Å²) in [6.07, 6.45) is 0. The van der Waals surface area contributed by atoms with E-state index in [9.17, 15) is 0 Å². The van der Waals surface area contributed by atoms with Crippen LogP contribution in [0.3, 0.4) is 0 Å². The number of hydrogen-bond acceptors (Lipinski definition) is 6. The third-order valence-electron chi connectivity index (χ3n) is 8.48. The molecule has 7 heteroatoms.